The minimum absolute atomic E-state index is 0.208. The molecule has 0 saturated heterocycles. The van der Waals surface area contributed by atoms with Gasteiger partial charge in [-0.25, -0.2) is 9.49 Å². The van der Waals surface area contributed by atoms with E-state index in [4.69, 9.17) is 5.73 Å². The van der Waals surface area contributed by atoms with E-state index in [0.29, 0.717) is 11.1 Å². The van der Waals surface area contributed by atoms with Crippen molar-refractivity contribution in [2.45, 2.75) is 10.1 Å². The van der Waals surface area contributed by atoms with Gasteiger partial charge in [0.25, 0.3) is 0 Å². The van der Waals surface area contributed by atoms with E-state index in [1.165, 1.54) is 23.9 Å². The highest BCUT2D eigenvalue weighted by Gasteiger charge is 2.01. The van der Waals surface area contributed by atoms with Gasteiger partial charge in [-0.1, -0.05) is 11.8 Å². The Hall–Kier alpha value is -1.21. The molecule has 1 aromatic carbocycles. The van der Waals surface area contributed by atoms with E-state index in [1.54, 1.807) is 23.9 Å². The van der Waals surface area contributed by atoms with Crippen LogP contribution >= 0.6 is 23.5 Å². The van der Waals surface area contributed by atoms with Gasteiger partial charge in [-0.15, -0.1) is 16.9 Å². The molecule has 0 fully saturated rings. The van der Waals surface area contributed by atoms with Crippen LogP contribution in [0.1, 0.15) is 0 Å². The SMILES string of the molecule is Nc1nc(SCCSc2ccc(F)cc2)n[nH]1. The molecular weight excluding hydrogens is 259 g/mol. The third kappa shape index (κ3) is 3.94. The molecule has 0 bridgehead atoms. The van der Waals surface area contributed by atoms with Crippen LogP contribution in [-0.2, 0) is 0 Å². The number of thioether (sulfide) groups is 2. The van der Waals surface area contributed by atoms with Gasteiger partial charge < -0.3 is 5.73 Å². The molecule has 3 N–H and O–H groups in total. The number of hydrogen-bond donors (Lipinski definition) is 2. The quantitative estimate of drug-likeness (QED) is 0.645. The molecule has 1 heterocycles. The van der Waals surface area contributed by atoms with E-state index in [1.807, 2.05) is 0 Å². The number of H-pyrrole nitrogens is 1. The summed E-state index contributed by atoms with van der Waals surface area (Å²) in [4.78, 5) is 5.04. The van der Waals surface area contributed by atoms with Crippen molar-refractivity contribution in [1.82, 2.24) is 15.2 Å². The lowest BCUT2D eigenvalue weighted by atomic mass is 10.4. The summed E-state index contributed by atoms with van der Waals surface area (Å²) < 4.78 is 12.7. The van der Waals surface area contributed by atoms with E-state index >= 15 is 0 Å². The predicted octanol–water partition coefficient (Wildman–Crippen LogP) is 2.41. The highest BCUT2D eigenvalue weighted by molar-refractivity contribution is 8.02. The number of rotatable bonds is 5. The molecule has 0 aliphatic heterocycles. The zero-order valence-electron chi connectivity index (χ0n) is 8.89. The summed E-state index contributed by atoms with van der Waals surface area (Å²) in [6, 6.07) is 6.47. The number of nitrogens with zero attached hydrogens (tertiary/aromatic N) is 2. The maximum absolute atomic E-state index is 12.7. The van der Waals surface area contributed by atoms with Gasteiger partial charge >= 0.3 is 0 Å². The van der Waals surface area contributed by atoms with Crippen molar-refractivity contribution in [2.75, 3.05) is 17.2 Å². The summed E-state index contributed by atoms with van der Waals surface area (Å²) in [6.07, 6.45) is 0. The molecule has 0 amide bonds. The van der Waals surface area contributed by atoms with E-state index in [9.17, 15) is 4.39 Å². The van der Waals surface area contributed by atoms with Crippen LogP contribution in [0.25, 0.3) is 0 Å². The fourth-order valence-corrected chi connectivity index (χ4v) is 2.83. The number of benzene rings is 1. The summed E-state index contributed by atoms with van der Waals surface area (Å²) in [7, 11) is 0. The number of anilines is 1. The Morgan fingerprint density at radius 3 is 2.53 bits per heavy atom. The van der Waals surface area contributed by atoms with E-state index < -0.39 is 0 Å². The van der Waals surface area contributed by atoms with Crippen LogP contribution in [-0.4, -0.2) is 26.7 Å². The summed E-state index contributed by atoms with van der Waals surface area (Å²) >= 11 is 3.21. The molecule has 17 heavy (non-hydrogen) atoms. The Bertz CT molecular complexity index is 471. The Labute approximate surface area is 107 Å². The molecule has 0 saturated carbocycles. The number of nitrogens with one attached hydrogen (secondary N) is 1. The van der Waals surface area contributed by atoms with Gasteiger partial charge in [0.2, 0.25) is 11.1 Å². The number of aromatic nitrogens is 3. The van der Waals surface area contributed by atoms with Crippen LogP contribution in [0.3, 0.4) is 0 Å². The molecule has 0 spiro atoms. The van der Waals surface area contributed by atoms with Crippen LogP contribution < -0.4 is 5.73 Å². The Kier molecular flexibility index (Phi) is 4.27. The van der Waals surface area contributed by atoms with E-state index in [-0.39, 0.29) is 5.82 Å². The van der Waals surface area contributed by atoms with Crippen molar-refractivity contribution < 1.29 is 4.39 Å². The normalized spacial score (nSPS) is 10.6. The second-order valence-corrected chi connectivity index (χ2v) is 5.38. The van der Waals surface area contributed by atoms with Gasteiger partial charge in [-0.2, -0.15) is 4.98 Å². The zero-order valence-corrected chi connectivity index (χ0v) is 10.5. The van der Waals surface area contributed by atoms with Crippen LogP contribution in [0.2, 0.25) is 0 Å². The molecular formula is C10H11FN4S2. The third-order valence-corrected chi connectivity index (χ3v) is 4.00. The number of nitrogen functional groups attached to an aromatic ring is 1. The van der Waals surface area contributed by atoms with Crippen molar-refractivity contribution in [3.8, 4) is 0 Å². The maximum atomic E-state index is 12.7. The molecule has 7 heteroatoms. The Morgan fingerprint density at radius 2 is 1.88 bits per heavy atom. The molecule has 2 aromatic rings. The predicted molar refractivity (Wildman–Crippen MR) is 68.6 cm³/mol. The second kappa shape index (κ2) is 5.92. The summed E-state index contributed by atoms with van der Waals surface area (Å²) in [5, 5.41) is 7.15. The number of hydrogen-bond acceptors (Lipinski definition) is 5. The van der Waals surface area contributed by atoms with E-state index in [2.05, 4.69) is 15.2 Å². The molecule has 2 rings (SSSR count). The smallest absolute Gasteiger partial charge is 0.216 e. The van der Waals surface area contributed by atoms with Crippen molar-refractivity contribution in [1.29, 1.82) is 0 Å². The number of aromatic amines is 1. The lowest BCUT2D eigenvalue weighted by molar-refractivity contribution is 0.626. The number of halogens is 1. The second-order valence-electron chi connectivity index (χ2n) is 3.15. The van der Waals surface area contributed by atoms with Crippen molar-refractivity contribution in [2.24, 2.45) is 0 Å². The Balaban J connectivity index is 1.71. The lowest BCUT2D eigenvalue weighted by Crippen LogP contribution is -1.87. The lowest BCUT2D eigenvalue weighted by Gasteiger charge is -1.99. The molecule has 1 aromatic heterocycles. The highest BCUT2D eigenvalue weighted by atomic mass is 32.2. The maximum Gasteiger partial charge on any atom is 0.216 e. The third-order valence-electron chi connectivity index (χ3n) is 1.88. The van der Waals surface area contributed by atoms with Crippen LogP contribution in [0.4, 0.5) is 10.3 Å². The first-order chi connectivity index (χ1) is 8.24. The van der Waals surface area contributed by atoms with Gasteiger partial charge in [0.05, 0.1) is 0 Å². The molecule has 0 aliphatic carbocycles. The minimum Gasteiger partial charge on any atom is -0.368 e. The minimum atomic E-state index is -0.208. The van der Waals surface area contributed by atoms with Crippen molar-refractivity contribution in [3.05, 3.63) is 30.1 Å². The fourth-order valence-electron chi connectivity index (χ4n) is 1.15. The number of nitrogens with two attached hydrogens (primary N) is 1. The summed E-state index contributed by atoms with van der Waals surface area (Å²) in [5.41, 5.74) is 5.40. The van der Waals surface area contributed by atoms with Crippen molar-refractivity contribution in [3.63, 3.8) is 0 Å². The van der Waals surface area contributed by atoms with Crippen LogP contribution in [0, 0.1) is 5.82 Å². The van der Waals surface area contributed by atoms with Gasteiger partial charge in [0, 0.05) is 16.4 Å². The molecule has 90 valence electrons. The largest absolute Gasteiger partial charge is 0.368 e. The molecule has 0 radical (unpaired) electrons. The van der Waals surface area contributed by atoms with E-state index in [0.717, 1.165) is 16.4 Å². The van der Waals surface area contributed by atoms with Crippen LogP contribution in [0.15, 0.2) is 34.3 Å². The molecule has 0 aliphatic rings. The molecule has 0 unspecified atom stereocenters. The molecule has 0 atom stereocenters. The van der Waals surface area contributed by atoms with Gasteiger partial charge in [-0.05, 0) is 24.3 Å². The highest BCUT2D eigenvalue weighted by Crippen LogP contribution is 2.21. The summed E-state index contributed by atoms with van der Waals surface area (Å²) in [5.74, 6) is 1.91. The van der Waals surface area contributed by atoms with Gasteiger partial charge in [-0.3, -0.25) is 0 Å². The fraction of sp³-hybridized carbons (Fsp3) is 0.200. The first kappa shape index (κ1) is 12.3. The first-order valence-electron chi connectivity index (χ1n) is 4.93. The van der Waals surface area contributed by atoms with Crippen LogP contribution in [0.5, 0.6) is 0 Å². The average molecular weight is 270 g/mol. The van der Waals surface area contributed by atoms with Crippen molar-refractivity contribution >= 4 is 29.5 Å². The monoisotopic (exact) mass is 270 g/mol. The molecule has 4 nitrogen and oxygen atoms in total. The summed E-state index contributed by atoms with van der Waals surface area (Å²) in [6.45, 7) is 0. The zero-order chi connectivity index (χ0) is 12.1. The topological polar surface area (TPSA) is 67.6 Å². The Morgan fingerprint density at radius 1 is 1.18 bits per heavy atom. The van der Waals surface area contributed by atoms with Gasteiger partial charge in [0.1, 0.15) is 5.82 Å². The average Bonchev–Trinajstić information content (AvgIpc) is 2.73. The standard InChI is InChI=1S/C10H11FN4S2/c11-7-1-3-8(4-2-7)16-5-6-17-10-13-9(12)14-15-10/h1-4H,5-6H2,(H3,12,13,14,15). The first-order valence-corrected chi connectivity index (χ1v) is 6.90. The van der Waals surface area contributed by atoms with Gasteiger partial charge in [0.15, 0.2) is 0 Å².